The zero-order chi connectivity index (χ0) is 50.6. The number of hydrogen-bond donors (Lipinski definition) is 11. The molecule has 12 N–H and O–H groups in total. The van der Waals surface area contributed by atoms with Gasteiger partial charge in [0.15, 0.2) is 17.9 Å². The second-order valence-electron chi connectivity index (χ2n) is 18.2. The number of phenolic OH excluding ortho intramolecular Hbond substituents is 2. The van der Waals surface area contributed by atoms with Crippen LogP contribution in [0.25, 0.3) is 0 Å². The zero-order valence-corrected chi connectivity index (χ0v) is 38.4. The maximum Gasteiger partial charge on any atom is 0.225 e. The Hall–Kier alpha value is -5.43. The first-order valence-corrected chi connectivity index (χ1v) is 22.8. The summed E-state index contributed by atoms with van der Waals surface area (Å²) in [6.45, 7) is 0.361. The Bertz CT molecular complexity index is 2320. The number of amides is 3. The molecule has 1 saturated heterocycles. The molecule has 1 saturated carbocycles. The van der Waals surface area contributed by atoms with Gasteiger partial charge in [-0.1, -0.05) is 12.1 Å². The van der Waals surface area contributed by atoms with Gasteiger partial charge in [-0.2, -0.15) is 0 Å². The Morgan fingerprint density at radius 3 is 2.17 bits per heavy atom. The number of aliphatic hydroxyl groups excluding tert-OH is 5. The molecule has 22 nitrogen and oxygen atoms in total. The molecule has 0 aromatic heterocycles. The average Bonchev–Trinajstić information content (AvgIpc) is 3.31. The smallest absolute Gasteiger partial charge is 0.225 e. The lowest BCUT2D eigenvalue weighted by molar-refractivity contribution is -0.249. The highest BCUT2D eigenvalue weighted by atomic mass is 16.7. The number of fused-ring (bicyclic) bond motifs is 3. The van der Waals surface area contributed by atoms with E-state index in [0.29, 0.717) is 12.8 Å². The number of nitrogens with one attached hydrogen (secondary N) is 2. The number of ether oxygens (including phenoxy) is 4. The molecule has 0 radical (unpaired) electrons. The summed E-state index contributed by atoms with van der Waals surface area (Å²) in [5.74, 6) is -7.50. The van der Waals surface area contributed by atoms with Gasteiger partial charge in [0, 0.05) is 68.7 Å². The third-order valence-corrected chi connectivity index (χ3v) is 13.7. The van der Waals surface area contributed by atoms with E-state index in [0.717, 1.165) is 0 Å². The van der Waals surface area contributed by atoms with Gasteiger partial charge in [-0.25, -0.2) is 0 Å². The van der Waals surface area contributed by atoms with E-state index < -0.39 is 150 Å². The molecular formula is C47H61N3O19. The SMILES string of the molecule is COc1cccc2c1C(=O)c1c(O)c3c(c(O)c1C2=O)C[C@@](O)(C(=O)CO)C[C@H]3OC1C[C@H](NC(=O)CCCC(=O)CCC(O)C(O)CCC(=O)NC2CCC(OC)C(C(N)=O)C2O)[C@H](O)[C@H](C)O1. The second kappa shape index (κ2) is 22.1. The lowest BCUT2D eigenvalue weighted by atomic mass is 9.72. The normalized spacial score (nSPS) is 28.3. The Balaban J connectivity index is 1.02. The lowest BCUT2D eigenvalue weighted by Crippen LogP contribution is -2.57. The summed E-state index contributed by atoms with van der Waals surface area (Å²) >= 11 is 0. The first-order chi connectivity index (χ1) is 32.7. The van der Waals surface area contributed by atoms with Crippen molar-refractivity contribution < 1.29 is 93.4 Å². The molecule has 2 aromatic carbocycles. The minimum atomic E-state index is -2.40. The van der Waals surface area contributed by atoms with Crippen LogP contribution in [0.3, 0.4) is 0 Å². The third kappa shape index (κ3) is 11.1. The van der Waals surface area contributed by atoms with Crippen LogP contribution in [0.1, 0.15) is 127 Å². The van der Waals surface area contributed by atoms with Gasteiger partial charge in [-0.15, -0.1) is 0 Å². The molecule has 378 valence electrons. The van der Waals surface area contributed by atoms with Crippen molar-refractivity contribution in [3.8, 4) is 17.2 Å². The Labute approximate surface area is 396 Å². The van der Waals surface area contributed by atoms with Crippen molar-refractivity contribution in [2.75, 3.05) is 20.8 Å². The topological polar surface area (TPSA) is 368 Å². The molecule has 12 atom stereocenters. The third-order valence-electron chi connectivity index (χ3n) is 13.7. The molecule has 0 bridgehead atoms. The number of primary amides is 1. The first-order valence-electron chi connectivity index (χ1n) is 22.8. The average molecular weight is 972 g/mol. The van der Waals surface area contributed by atoms with Gasteiger partial charge in [0.05, 0.1) is 78.4 Å². The van der Waals surface area contributed by atoms with E-state index >= 15 is 0 Å². The number of carbonyl (C=O) groups excluding carboxylic acids is 7. The van der Waals surface area contributed by atoms with Gasteiger partial charge in [-0.05, 0) is 45.1 Å². The lowest BCUT2D eigenvalue weighted by Gasteiger charge is -2.43. The predicted molar refractivity (Wildman–Crippen MR) is 236 cm³/mol. The minimum Gasteiger partial charge on any atom is -0.507 e. The van der Waals surface area contributed by atoms with Crippen LogP contribution in [-0.4, -0.2) is 163 Å². The predicted octanol–water partition coefficient (Wildman–Crippen LogP) is -1.06. The summed E-state index contributed by atoms with van der Waals surface area (Å²) in [7, 11) is 2.68. The fourth-order valence-electron chi connectivity index (χ4n) is 9.90. The Morgan fingerprint density at radius 2 is 1.52 bits per heavy atom. The minimum absolute atomic E-state index is 0.0275. The van der Waals surface area contributed by atoms with Crippen LogP contribution in [0, 0.1) is 5.92 Å². The monoisotopic (exact) mass is 971 g/mol. The summed E-state index contributed by atoms with van der Waals surface area (Å²) in [6, 6.07) is 2.45. The number of aliphatic hydroxyl groups is 6. The molecular weight excluding hydrogens is 911 g/mol. The molecule has 4 aliphatic rings. The second-order valence-corrected chi connectivity index (χ2v) is 18.2. The van der Waals surface area contributed by atoms with Crippen LogP contribution in [0.15, 0.2) is 18.2 Å². The molecule has 69 heavy (non-hydrogen) atoms. The zero-order valence-electron chi connectivity index (χ0n) is 38.4. The van der Waals surface area contributed by atoms with Crippen LogP contribution < -0.4 is 21.1 Å². The van der Waals surface area contributed by atoms with Gasteiger partial charge in [0.2, 0.25) is 23.5 Å². The molecule has 2 aromatic rings. The van der Waals surface area contributed by atoms with Crippen molar-refractivity contribution in [3.63, 3.8) is 0 Å². The highest BCUT2D eigenvalue weighted by Gasteiger charge is 2.51. The summed E-state index contributed by atoms with van der Waals surface area (Å²) in [5, 5.41) is 92.7. The molecule has 22 heteroatoms. The number of Topliss-reactive ketones (excluding diaryl/α,β-unsaturated/α-hetero) is 2. The fourth-order valence-corrected chi connectivity index (χ4v) is 9.90. The number of nitrogens with two attached hydrogens (primary N) is 1. The van der Waals surface area contributed by atoms with E-state index in [4.69, 9.17) is 24.7 Å². The summed E-state index contributed by atoms with van der Waals surface area (Å²) < 4.78 is 22.7. The number of ketones is 4. The van der Waals surface area contributed by atoms with Crippen molar-refractivity contribution in [2.45, 2.75) is 151 Å². The van der Waals surface area contributed by atoms with Gasteiger partial charge in [0.1, 0.15) is 41.3 Å². The van der Waals surface area contributed by atoms with Crippen molar-refractivity contribution in [1.82, 2.24) is 10.6 Å². The summed E-state index contributed by atoms with van der Waals surface area (Å²) in [6.07, 6.45) is -11.3. The maximum atomic E-state index is 14.0. The summed E-state index contributed by atoms with van der Waals surface area (Å²) in [5.41, 5.74) is 1.07. The molecule has 0 spiro atoms. The van der Waals surface area contributed by atoms with Crippen LogP contribution in [0.5, 0.6) is 17.2 Å². The fraction of sp³-hybridized carbons (Fsp3) is 0.596. The summed E-state index contributed by atoms with van der Waals surface area (Å²) in [4.78, 5) is 91.0. The number of carbonyl (C=O) groups is 7. The standard InChI is InChI=1S/C47H61N3O19/c1-20-40(58)25(50-32(56)9-4-6-21(52)10-12-26(53)27(54)13-15-33(57)49-24-11-14-29(67-3)37(43(24)61)46(48)64)16-34(68-20)69-30-18-47(65,31(55)19-51)17-23-36(30)45(63)39-38(42(23)60)41(59)22-7-5-8-28(66-2)35(22)44(39)62/h5,7-8,20,24-27,29-30,34,37,40,43,51,53-54,58,60-61,63,65H,4,6,9-19H2,1-3H3,(H2,48,64)(H,49,57)(H,50,56)/t20-,24?,25-,26?,27?,29?,30+,34?,37?,40+,43?,47-/m0/s1. The van der Waals surface area contributed by atoms with Gasteiger partial charge in [0.25, 0.3) is 0 Å². The maximum absolute atomic E-state index is 14.0. The van der Waals surface area contributed by atoms with E-state index in [1.54, 1.807) is 0 Å². The van der Waals surface area contributed by atoms with E-state index in [2.05, 4.69) is 10.6 Å². The quantitative estimate of drug-likeness (QED) is 0.0601. The van der Waals surface area contributed by atoms with Gasteiger partial charge >= 0.3 is 0 Å². The van der Waals surface area contributed by atoms with Crippen molar-refractivity contribution in [2.24, 2.45) is 11.7 Å². The first kappa shape index (κ1) is 52.9. The highest BCUT2D eigenvalue weighted by Crippen LogP contribution is 2.52. The largest absolute Gasteiger partial charge is 0.507 e. The van der Waals surface area contributed by atoms with Crippen LogP contribution >= 0.6 is 0 Å². The van der Waals surface area contributed by atoms with Gasteiger partial charge < -0.3 is 76.2 Å². The van der Waals surface area contributed by atoms with Crippen molar-refractivity contribution in [3.05, 3.63) is 51.6 Å². The molecule has 7 unspecified atom stereocenters. The van der Waals surface area contributed by atoms with Crippen LogP contribution in [-0.2, 0) is 44.6 Å². The highest BCUT2D eigenvalue weighted by molar-refractivity contribution is 6.31. The number of aromatic hydroxyl groups is 2. The number of benzene rings is 2. The van der Waals surface area contributed by atoms with E-state index in [9.17, 15) is 74.4 Å². The van der Waals surface area contributed by atoms with Crippen molar-refractivity contribution in [1.29, 1.82) is 0 Å². The molecule has 1 heterocycles. The molecule has 1 aliphatic heterocycles. The Kier molecular flexibility index (Phi) is 17.0. The molecule has 3 amide bonds. The van der Waals surface area contributed by atoms with Crippen LogP contribution in [0.4, 0.5) is 0 Å². The Morgan fingerprint density at radius 1 is 0.870 bits per heavy atom. The van der Waals surface area contributed by atoms with E-state index in [-0.39, 0.29) is 85.2 Å². The van der Waals surface area contributed by atoms with E-state index in [1.165, 1.54) is 39.3 Å². The molecule has 2 fully saturated rings. The van der Waals surface area contributed by atoms with E-state index in [1.807, 2.05) is 0 Å². The van der Waals surface area contributed by atoms with Gasteiger partial charge in [-0.3, -0.25) is 33.6 Å². The number of phenols is 2. The van der Waals surface area contributed by atoms with Crippen LogP contribution in [0.2, 0.25) is 0 Å². The molecule has 3 aliphatic carbocycles. The number of hydrogen-bond acceptors (Lipinski definition) is 19. The number of methoxy groups -OCH3 is 2. The number of rotatable bonds is 20. The van der Waals surface area contributed by atoms with Crippen molar-refractivity contribution >= 4 is 40.9 Å². The molecule has 6 rings (SSSR count).